The van der Waals surface area contributed by atoms with Gasteiger partial charge in [-0.05, 0) is 56.7 Å². The fourth-order valence-corrected chi connectivity index (χ4v) is 3.80. The first-order valence-corrected chi connectivity index (χ1v) is 10.2. The summed E-state index contributed by atoms with van der Waals surface area (Å²) in [6.07, 6.45) is 5.66. The molecule has 0 saturated heterocycles. The Morgan fingerprint density at radius 2 is 2.00 bits per heavy atom. The van der Waals surface area contributed by atoms with Crippen molar-refractivity contribution >= 4 is 29.3 Å². The first-order valence-electron chi connectivity index (χ1n) is 9.84. The van der Waals surface area contributed by atoms with Crippen molar-refractivity contribution in [2.75, 3.05) is 30.9 Å². The van der Waals surface area contributed by atoms with E-state index in [0.29, 0.717) is 17.4 Å². The van der Waals surface area contributed by atoms with Gasteiger partial charge < -0.3 is 15.5 Å². The highest BCUT2D eigenvalue weighted by molar-refractivity contribution is 6.31. The molecule has 8 heteroatoms. The predicted octanol–water partition coefficient (Wildman–Crippen LogP) is 4.04. The van der Waals surface area contributed by atoms with E-state index >= 15 is 0 Å². The summed E-state index contributed by atoms with van der Waals surface area (Å²) in [5.41, 5.74) is 1.42. The van der Waals surface area contributed by atoms with Gasteiger partial charge in [-0.2, -0.15) is 4.98 Å². The Bertz CT molecular complexity index is 868. The van der Waals surface area contributed by atoms with Crippen molar-refractivity contribution in [3.63, 3.8) is 0 Å². The monoisotopic (exact) mass is 419 g/mol. The number of amides is 1. The summed E-state index contributed by atoms with van der Waals surface area (Å²) < 4.78 is 13.3. The lowest BCUT2D eigenvalue weighted by Crippen LogP contribution is -2.38. The molecule has 1 aliphatic rings. The molecule has 0 bridgehead atoms. The Hall–Kier alpha value is -2.41. The Balaban J connectivity index is 1.46. The van der Waals surface area contributed by atoms with Gasteiger partial charge in [0.15, 0.2) is 0 Å². The van der Waals surface area contributed by atoms with Crippen molar-refractivity contribution < 1.29 is 9.18 Å². The molecule has 1 saturated carbocycles. The summed E-state index contributed by atoms with van der Waals surface area (Å²) in [4.78, 5) is 23.3. The van der Waals surface area contributed by atoms with Crippen LogP contribution in [0, 0.1) is 18.7 Å². The topological polar surface area (TPSA) is 70.1 Å². The van der Waals surface area contributed by atoms with Gasteiger partial charge in [0.1, 0.15) is 11.6 Å². The summed E-state index contributed by atoms with van der Waals surface area (Å²) in [6, 6.07) is 4.16. The fraction of sp³-hybridized carbons (Fsp3) is 0.476. The Labute approximate surface area is 175 Å². The van der Waals surface area contributed by atoms with E-state index in [4.69, 9.17) is 11.6 Å². The lowest BCUT2D eigenvalue weighted by Gasteiger charge is -2.29. The summed E-state index contributed by atoms with van der Waals surface area (Å²) >= 11 is 5.77. The van der Waals surface area contributed by atoms with Gasteiger partial charge in [0, 0.05) is 44.0 Å². The number of carbonyl (C=O) groups excluding carboxylic acids is 1. The number of nitrogens with zero attached hydrogens (tertiary/aromatic N) is 3. The number of carbonyl (C=O) groups is 1. The third-order valence-electron chi connectivity index (χ3n) is 5.28. The second-order valence-electron chi connectivity index (χ2n) is 7.80. The molecule has 2 N–H and O–H groups in total. The number of benzene rings is 1. The van der Waals surface area contributed by atoms with Crippen LogP contribution in [0.3, 0.4) is 0 Å². The van der Waals surface area contributed by atoms with Crippen LogP contribution in [0.25, 0.3) is 0 Å². The van der Waals surface area contributed by atoms with Crippen molar-refractivity contribution in [1.29, 1.82) is 0 Å². The normalized spacial score (nSPS) is 18.9. The SMILES string of the molecule is Cc1cnc(NCC2CCC(NC(=O)c3ccc(F)c(Cl)c3)CC2)nc1N(C)C. The molecule has 6 nitrogen and oxygen atoms in total. The van der Waals surface area contributed by atoms with E-state index in [2.05, 4.69) is 20.6 Å². The summed E-state index contributed by atoms with van der Waals surface area (Å²) in [5, 5.41) is 6.34. The quantitative estimate of drug-likeness (QED) is 0.739. The maximum Gasteiger partial charge on any atom is 0.251 e. The van der Waals surface area contributed by atoms with Crippen LogP contribution in [0.15, 0.2) is 24.4 Å². The number of anilines is 2. The third-order valence-corrected chi connectivity index (χ3v) is 5.57. The second-order valence-corrected chi connectivity index (χ2v) is 8.20. The number of halogens is 2. The minimum atomic E-state index is -0.522. The first kappa shape index (κ1) is 21.3. The minimum absolute atomic E-state index is 0.0387. The zero-order valence-electron chi connectivity index (χ0n) is 17.0. The number of rotatable bonds is 6. The average Bonchev–Trinajstić information content (AvgIpc) is 2.70. The van der Waals surface area contributed by atoms with Gasteiger partial charge in [0.2, 0.25) is 5.95 Å². The van der Waals surface area contributed by atoms with Crippen molar-refractivity contribution in [3.05, 3.63) is 46.4 Å². The molecule has 1 aromatic heterocycles. The second kappa shape index (κ2) is 9.39. The van der Waals surface area contributed by atoms with Crippen molar-refractivity contribution in [1.82, 2.24) is 15.3 Å². The summed E-state index contributed by atoms with van der Waals surface area (Å²) in [6.45, 7) is 2.80. The number of nitrogens with one attached hydrogen (secondary N) is 2. The molecule has 0 unspecified atom stereocenters. The Morgan fingerprint density at radius 1 is 1.28 bits per heavy atom. The molecule has 0 spiro atoms. The molecule has 1 fully saturated rings. The number of aromatic nitrogens is 2. The molecular formula is C21H27ClFN5O. The van der Waals surface area contributed by atoms with Gasteiger partial charge >= 0.3 is 0 Å². The fourth-order valence-electron chi connectivity index (χ4n) is 3.62. The molecule has 0 aliphatic heterocycles. The Morgan fingerprint density at radius 3 is 2.66 bits per heavy atom. The zero-order valence-corrected chi connectivity index (χ0v) is 17.8. The highest BCUT2D eigenvalue weighted by atomic mass is 35.5. The molecular weight excluding hydrogens is 393 g/mol. The van der Waals surface area contributed by atoms with Gasteiger partial charge in [-0.15, -0.1) is 0 Å². The van der Waals surface area contributed by atoms with Crippen LogP contribution < -0.4 is 15.5 Å². The standard InChI is InChI=1S/C21H27ClFN5O/c1-13-11-24-21(27-19(13)28(2)3)25-12-14-4-7-16(8-5-14)26-20(29)15-6-9-18(23)17(22)10-15/h6,9-11,14,16H,4-5,7-8,12H2,1-3H3,(H,26,29)(H,24,25,27). The lowest BCUT2D eigenvalue weighted by molar-refractivity contribution is 0.0922. The van der Waals surface area contributed by atoms with Gasteiger partial charge in [-0.3, -0.25) is 4.79 Å². The highest BCUT2D eigenvalue weighted by Gasteiger charge is 2.23. The molecule has 1 amide bonds. The molecule has 0 radical (unpaired) electrons. The Kier molecular flexibility index (Phi) is 6.90. The molecule has 0 atom stereocenters. The van der Waals surface area contributed by atoms with Crippen LogP contribution in [0.2, 0.25) is 5.02 Å². The van der Waals surface area contributed by atoms with Crippen molar-refractivity contribution in [2.24, 2.45) is 5.92 Å². The van der Waals surface area contributed by atoms with Crippen LogP contribution in [0.4, 0.5) is 16.2 Å². The molecule has 156 valence electrons. The van der Waals surface area contributed by atoms with Gasteiger partial charge in [-0.1, -0.05) is 11.6 Å². The van der Waals surface area contributed by atoms with Crippen molar-refractivity contribution in [2.45, 2.75) is 38.6 Å². The maximum absolute atomic E-state index is 13.3. The van der Waals surface area contributed by atoms with Crippen LogP contribution in [-0.2, 0) is 0 Å². The van der Waals surface area contributed by atoms with E-state index in [-0.39, 0.29) is 17.0 Å². The zero-order chi connectivity index (χ0) is 21.0. The average molecular weight is 420 g/mol. The number of hydrogen-bond donors (Lipinski definition) is 2. The number of hydrogen-bond acceptors (Lipinski definition) is 5. The van der Waals surface area contributed by atoms with Gasteiger partial charge in [0.05, 0.1) is 5.02 Å². The molecule has 1 heterocycles. The summed E-state index contributed by atoms with van der Waals surface area (Å²) in [5.74, 6) is 1.33. The van der Waals surface area contributed by atoms with E-state index in [0.717, 1.165) is 43.6 Å². The maximum atomic E-state index is 13.3. The first-order chi connectivity index (χ1) is 13.8. The van der Waals surface area contributed by atoms with Crippen LogP contribution in [0.5, 0.6) is 0 Å². The molecule has 2 aromatic rings. The van der Waals surface area contributed by atoms with Crippen LogP contribution >= 0.6 is 11.6 Å². The lowest BCUT2D eigenvalue weighted by atomic mass is 9.86. The molecule has 29 heavy (non-hydrogen) atoms. The number of aryl methyl sites for hydroxylation is 1. The minimum Gasteiger partial charge on any atom is -0.362 e. The van der Waals surface area contributed by atoms with Crippen molar-refractivity contribution in [3.8, 4) is 0 Å². The van der Waals surface area contributed by atoms with E-state index < -0.39 is 5.82 Å². The molecule has 3 rings (SSSR count). The van der Waals surface area contributed by atoms with Crippen LogP contribution in [0.1, 0.15) is 41.6 Å². The predicted molar refractivity (Wildman–Crippen MR) is 114 cm³/mol. The van der Waals surface area contributed by atoms with Gasteiger partial charge in [0.25, 0.3) is 5.91 Å². The largest absolute Gasteiger partial charge is 0.362 e. The molecule has 1 aromatic carbocycles. The third kappa shape index (κ3) is 5.56. The van der Waals surface area contributed by atoms with E-state index in [1.165, 1.54) is 18.2 Å². The smallest absolute Gasteiger partial charge is 0.251 e. The van der Waals surface area contributed by atoms with E-state index in [1.54, 1.807) is 0 Å². The van der Waals surface area contributed by atoms with E-state index in [1.807, 2.05) is 32.1 Å². The van der Waals surface area contributed by atoms with Crippen LogP contribution in [-0.4, -0.2) is 42.6 Å². The molecule has 1 aliphatic carbocycles. The van der Waals surface area contributed by atoms with Gasteiger partial charge in [-0.25, -0.2) is 9.37 Å². The summed E-state index contributed by atoms with van der Waals surface area (Å²) in [7, 11) is 3.93. The highest BCUT2D eigenvalue weighted by Crippen LogP contribution is 2.25. The van der Waals surface area contributed by atoms with E-state index in [9.17, 15) is 9.18 Å².